The summed E-state index contributed by atoms with van der Waals surface area (Å²) in [4.78, 5) is 20.4. The Kier molecular flexibility index (Phi) is 4.33. The fourth-order valence-electron chi connectivity index (χ4n) is 2.84. The second-order valence-corrected chi connectivity index (χ2v) is 8.23. The Morgan fingerprint density at radius 2 is 2.12 bits per heavy atom. The molecule has 0 unspecified atom stereocenters. The first-order valence-electron chi connectivity index (χ1n) is 8.50. The summed E-state index contributed by atoms with van der Waals surface area (Å²) in [5.74, 6) is -0.157. The summed E-state index contributed by atoms with van der Waals surface area (Å²) >= 11 is 0. The number of amides is 1. The van der Waals surface area contributed by atoms with Crippen LogP contribution in [0.4, 0.5) is 0 Å². The van der Waals surface area contributed by atoms with Gasteiger partial charge in [-0.1, -0.05) is 12.1 Å². The summed E-state index contributed by atoms with van der Waals surface area (Å²) < 4.78 is 27.5. The highest BCUT2D eigenvalue weighted by molar-refractivity contribution is 7.87. The molecule has 0 bridgehead atoms. The highest BCUT2D eigenvalue weighted by Gasteiger charge is 2.27. The molecule has 4 rings (SSSR count). The van der Waals surface area contributed by atoms with E-state index in [-0.39, 0.29) is 18.5 Å². The standard InChI is InChI=1S/C17H19N5O3S/c23-17(19-14-4-5-14)16-3-1-2-15(20-16)13-6-9-21(10-7-13)26(24,25)22-11-8-18-12-22/h1-3,6,8,11-12,14H,4-5,7,9-10H2,(H,19,23). The van der Waals surface area contributed by atoms with Gasteiger partial charge >= 0.3 is 10.2 Å². The summed E-state index contributed by atoms with van der Waals surface area (Å²) in [6.07, 6.45) is 8.56. The van der Waals surface area contributed by atoms with Crippen LogP contribution in [-0.4, -0.2) is 51.7 Å². The van der Waals surface area contributed by atoms with Crippen molar-refractivity contribution in [2.45, 2.75) is 25.3 Å². The normalized spacial score (nSPS) is 18.4. The van der Waals surface area contributed by atoms with E-state index in [9.17, 15) is 13.2 Å². The topological polar surface area (TPSA) is 97.2 Å². The average molecular weight is 373 g/mol. The maximum absolute atomic E-state index is 12.5. The molecule has 9 heteroatoms. The second-order valence-electron chi connectivity index (χ2n) is 6.39. The Hall–Kier alpha value is -2.52. The van der Waals surface area contributed by atoms with Crippen LogP contribution in [-0.2, 0) is 10.2 Å². The Morgan fingerprint density at radius 3 is 2.77 bits per heavy atom. The third kappa shape index (κ3) is 3.40. The molecule has 1 aliphatic carbocycles. The first-order chi connectivity index (χ1) is 12.5. The first kappa shape index (κ1) is 16.9. The minimum atomic E-state index is -3.59. The zero-order chi connectivity index (χ0) is 18.1. The van der Waals surface area contributed by atoms with Gasteiger partial charge in [-0.15, -0.1) is 0 Å². The number of carbonyl (C=O) groups excluding carboxylic acids is 1. The first-order valence-corrected chi connectivity index (χ1v) is 9.90. The van der Waals surface area contributed by atoms with E-state index < -0.39 is 10.2 Å². The molecule has 1 saturated carbocycles. The van der Waals surface area contributed by atoms with E-state index in [1.807, 2.05) is 12.1 Å². The third-order valence-electron chi connectivity index (χ3n) is 4.47. The van der Waals surface area contributed by atoms with Crippen molar-refractivity contribution in [2.24, 2.45) is 0 Å². The van der Waals surface area contributed by atoms with Crippen molar-refractivity contribution in [3.05, 3.63) is 54.4 Å². The molecule has 0 atom stereocenters. The lowest BCUT2D eigenvalue weighted by molar-refractivity contribution is 0.0946. The molecule has 0 aromatic carbocycles. The van der Waals surface area contributed by atoms with E-state index in [4.69, 9.17) is 0 Å². The molecule has 2 aromatic heterocycles. The zero-order valence-electron chi connectivity index (χ0n) is 14.1. The van der Waals surface area contributed by atoms with Gasteiger partial charge in [0, 0.05) is 31.5 Å². The molecule has 0 saturated heterocycles. The van der Waals surface area contributed by atoms with Crippen molar-refractivity contribution < 1.29 is 13.2 Å². The summed E-state index contributed by atoms with van der Waals surface area (Å²) in [7, 11) is -3.59. The molecule has 1 N–H and O–H groups in total. The smallest absolute Gasteiger partial charge is 0.309 e. The van der Waals surface area contributed by atoms with Crippen molar-refractivity contribution >= 4 is 21.7 Å². The predicted molar refractivity (Wildman–Crippen MR) is 95.4 cm³/mol. The van der Waals surface area contributed by atoms with Gasteiger partial charge in [-0.2, -0.15) is 12.7 Å². The van der Waals surface area contributed by atoms with Crippen LogP contribution in [0.3, 0.4) is 0 Å². The van der Waals surface area contributed by atoms with Gasteiger partial charge < -0.3 is 5.32 Å². The summed E-state index contributed by atoms with van der Waals surface area (Å²) in [6, 6.07) is 5.63. The third-order valence-corrected chi connectivity index (χ3v) is 6.20. The van der Waals surface area contributed by atoms with Crippen LogP contribution >= 0.6 is 0 Å². The Labute approximate surface area is 151 Å². The van der Waals surface area contributed by atoms with Crippen LogP contribution in [0.1, 0.15) is 35.4 Å². The monoisotopic (exact) mass is 373 g/mol. The van der Waals surface area contributed by atoms with Gasteiger partial charge in [0.25, 0.3) is 5.91 Å². The molecular weight excluding hydrogens is 354 g/mol. The molecule has 136 valence electrons. The number of imidazole rings is 1. The van der Waals surface area contributed by atoms with E-state index in [2.05, 4.69) is 15.3 Å². The lowest BCUT2D eigenvalue weighted by Gasteiger charge is -2.25. The van der Waals surface area contributed by atoms with Crippen LogP contribution in [0.2, 0.25) is 0 Å². The minimum Gasteiger partial charge on any atom is -0.348 e. The number of hydrogen-bond acceptors (Lipinski definition) is 5. The summed E-state index contributed by atoms with van der Waals surface area (Å²) in [5.41, 5.74) is 2.06. The van der Waals surface area contributed by atoms with Crippen molar-refractivity contribution in [3.8, 4) is 0 Å². The van der Waals surface area contributed by atoms with E-state index in [1.165, 1.54) is 23.0 Å². The number of nitrogens with one attached hydrogen (secondary N) is 1. The number of hydrogen-bond donors (Lipinski definition) is 1. The largest absolute Gasteiger partial charge is 0.348 e. The zero-order valence-corrected chi connectivity index (χ0v) is 14.9. The molecule has 1 aliphatic heterocycles. The maximum Gasteiger partial charge on any atom is 0.309 e. The van der Waals surface area contributed by atoms with Gasteiger partial charge in [0.1, 0.15) is 12.0 Å². The van der Waals surface area contributed by atoms with Gasteiger partial charge in [0.2, 0.25) is 0 Å². The van der Waals surface area contributed by atoms with Gasteiger partial charge in [-0.3, -0.25) is 4.79 Å². The van der Waals surface area contributed by atoms with E-state index >= 15 is 0 Å². The molecular formula is C17H19N5O3S. The van der Waals surface area contributed by atoms with E-state index in [0.717, 1.165) is 22.4 Å². The number of aromatic nitrogens is 3. The highest BCUT2D eigenvalue weighted by atomic mass is 32.2. The Balaban J connectivity index is 1.50. The molecule has 0 radical (unpaired) electrons. The van der Waals surface area contributed by atoms with Gasteiger partial charge in [-0.05, 0) is 37.0 Å². The summed E-state index contributed by atoms with van der Waals surface area (Å²) in [5, 5.41) is 2.93. The lowest BCUT2D eigenvalue weighted by atomic mass is 10.1. The fourth-order valence-corrected chi connectivity index (χ4v) is 4.07. The quantitative estimate of drug-likeness (QED) is 0.845. The van der Waals surface area contributed by atoms with Crippen LogP contribution in [0, 0.1) is 0 Å². The number of pyridine rings is 1. The predicted octanol–water partition coefficient (Wildman–Crippen LogP) is 1.05. The Bertz CT molecular complexity index is 949. The maximum atomic E-state index is 12.5. The van der Waals surface area contributed by atoms with Crippen molar-refractivity contribution in [1.82, 2.24) is 23.6 Å². The summed E-state index contributed by atoms with van der Waals surface area (Å²) in [6.45, 7) is 0.614. The molecule has 8 nitrogen and oxygen atoms in total. The lowest BCUT2D eigenvalue weighted by Crippen LogP contribution is -2.38. The number of carbonyl (C=O) groups is 1. The van der Waals surface area contributed by atoms with Crippen LogP contribution < -0.4 is 5.32 Å². The van der Waals surface area contributed by atoms with Gasteiger partial charge in [-0.25, -0.2) is 13.9 Å². The van der Waals surface area contributed by atoms with Gasteiger partial charge in [0.05, 0.1) is 5.69 Å². The second kappa shape index (κ2) is 6.65. The average Bonchev–Trinajstić information content (AvgIpc) is 3.29. The van der Waals surface area contributed by atoms with Crippen molar-refractivity contribution in [1.29, 1.82) is 0 Å². The van der Waals surface area contributed by atoms with E-state index in [1.54, 1.807) is 12.1 Å². The van der Waals surface area contributed by atoms with Crippen LogP contribution in [0.15, 0.2) is 43.0 Å². The van der Waals surface area contributed by atoms with Gasteiger partial charge in [0.15, 0.2) is 0 Å². The van der Waals surface area contributed by atoms with Crippen molar-refractivity contribution in [2.75, 3.05) is 13.1 Å². The number of nitrogens with zero attached hydrogens (tertiary/aromatic N) is 4. The number of rotatable bonds is 5. The molecule has 1 amide bonds. The molecule has 3 heterocycles. The SMILES string of the molecule is O=C(NC1CC1)c1cccc(C2=CCN(S(=O)(=O)n3ccnc3)CC2)n1. The molecule has 2 aliphatic rings. The van der Waals surface area contributed by atoms with E-state index in [0.29, 0.717) is 24.4 Å². The fraction of sp³-hybridized carbons (Fsp3) is 0.353. The van der Waals surface area contributed by atoms with Crippen LogP contribution in [0.5, 0.6) is 0 Å². The molecule has 26 heavy (non-hydrogen) atoms. The minimum absolute atomic E-state index is 0.157. The highest BCUT2D eigenvalue weighted by Crippen LogP contribution is 2.23. The Morgan fingerprint density at radius 1 is 1.27 bits per heavy atom. The molecule has 2 aromatic rings. The molecule has 1 fully saturated rings. The molecule has 0 spiro atoms. The van der Waals surface area contributed by atoms with Crippen molar-refractivity contribution in [3.63, 3.8) is 0 Å². The van der Waals surface area contributed by atoms with Crippen LogP contribution in [0.25, 0.3) is 5.57 Å².